The summed E-state index contributed by atoms with van der Waals surface area (Å²) in [5.74, 6) is 0. The molecule has 1 heterocycles. The van der Waals surface area contributed by atoms with Gasteiger partial charge in [-0.25, -0.2) is 13.5 Å². The Hall–Kier alpha value is -2.93. The number of benzene rings is 2. The Morgan fingerprint density at radius 1 is 0.963 bits per heavy atom. The van der Waals surface area contributed by atoms with Gasteiger partial charge in [-0.3, -0.25) is 9.52 Å². The number of H-pyrrole nitrogens is 1. The van der Waals surface area contributed by atoms with Crippen LogP contribution in [0.3, 0.4) is 0 Å². The van der Waals surface area contributed by atoms with E-state index < -0.39 is 10.0 Å². The van der Waals surface area contributed by atoms with Crippen LogP contribution in [-0.4, -0.2) is 18.6 Å². The van der Waals surface area contributed by atoms with Crippen molar-refractivity contribution in [3.05, 3.63) is 76.1 Å². The zero-order valence-corrected chi connectivity index (χ0v) is 16.0. The van der Waals surface area contributed by atoms with Crippen molar-refractivity contribution in [2.45, 2.75) is 31.6 Å². The predicted octanol–water partition coefficient (Wildman–Crippen LogP) is 3.36. The van der Waals surface area contributed by atoms with Crippen molar-refractivity contribution < 1.29 is 8.42 Å². The summed E-state index contributed by atoms with van der Waals surface area (Å²) < 4.78 is 28.6. The van der Waals surface area contributed by atoms with Gasteiger partial charge in [0.15, 0.2) is 0 Å². The summed E-state index contributed by atoms with van der Waals surface area (Å²) in [5.41, 5.74) is 3.17. The van der Waals surface area contributed by atoms with Crippen LogP contribution < -0.4 is 10.3 Å². The summed E-state index contributed by atoms with van der Waals surface area (Å²) in [6.45, 7) is 3.95. The van der Waals surface area contributed by atoms with Crippen LogP contribution >= 0.6 is 0 Å². The Morgan fingerprint density at radius 3 is 2.30 bits per heavy atom. The largest absolute Gasteiger partial charge is 0.280 e. The number of anilines is 1. The van der Waals surface area contributed by atoms with Crippen LogP contribution in [0.1, 0.15) is 25.0 Å². The maximum atomic E-state index is 13.0. The molecule has 3 aromatic rings. The van der Waals surface area contributed by atoms with E-state index in [9.17, 15) is 13.2 Å². The smallest absolute Gasteiger partial charge is 0.264 e. The van der Waals surface area contributed by atoms with Gasteiger partial charge in [0, 0.05) is 17.3 Å². The van der Waals surface area contributed by atoms with Gasteiger partial charge < -0.3 is 0 Å². The van der Waals surface area contributed by atoms with Gasteiger partial charge in [0.25, 0.3) is 15.6 Å². The first-order valence-corrected chi connectivity index (χ1v) is 10.2. The summed E-state index contributed by atoms with van der Waals surface area (Å²) in [5, 5.41) is 6.34. The highest BCUT2D eigenvalue weighted by molar-refractivity contribution is 7.92. The monoisotopic (exact) mass is 383 g/mol. The molecular weight excluding hydrogens is 362 g/mol. The molecule has 2 aromatic carbocycles. The maximum Gasteiger partial charge on any atom is 0.264 e. The Labute approximate surface area is 158 Å². The minimum Gasteiger partial charge on any atom is -0.280 e. The zero-order valence-electron chi connectivity index (χ0n) is 15.2. The van der Waals surface area contributed by atoms with Crippen molar-refractivity contribution in [1.29, 1.82) is 0 Å². The van der Waals surface area contributed by atoms with Crippen LogP contribution in [0.5, 0.6) is 0 Å². The van der Waals surface area contributed by atoms with Crippen molar-refractivity contribution in [2.24, 2.45) is 0 Å². The number of aromatic amines is 1. The van der Waals surface area contributed by atoms with E-state index in [4.69, 9.17) is 0 Å². The highest BCUT2D eigenvalue weighted by atomic mass is 32.2. The van der Waals surface area contributed by atoms with Crippen molar-refractivity contribution in [1.82, 2.24) is 10.2 Å². The third-order valence-electron chi connectivity index (χ3n) is 4.33. The molecule has 0 fully saturated rings. The number of aryl methyl sites for hydroxylation is 2. The fraction of sp³-hybridized carbons (Fsp3) is 0.200. The van der Waals surface area contributed by atoms with Crippen LogP contribution in [0.2, 0.25) is 0 Å². The number of nitrogens with one attached hydrogen (secondary N) is 2. The molecular formula is C20H21N3O3S. The van der Waals surface area contributed by atoms with Gasteiger partial charge in [-0.05, 0) is 48.2 Å². The van der Waals surface area contributed by atoms with Crippen molar-refractivity contribution >= 4 is 15.7 Å². The topological polar surface area (TPSA) is 91.9 Å². The number of nitrogens with zero attached hydrogens (tertiary/aromatic N) is 1. The van der Waals surface area contributed by atoms with Crippen molar-refractivity contribution in [3.63, 3.8) is 0 Å². The van der Waals surface area contributed by atoms with Crippen LogP contribution in [0.4, 0.5) is 5.69 Å². The molecule has 0 unspecified atom stereocenters. The number of hydrogen-bond donors (Lipinski definition) is 2. The Bertz CT molecular complexity index is 1080. The lowest BCUT2D eigenvalue weighted by Crippen LogP contribution is -2.15. The molecule has 7 heteroatoms. The summed E-state index contributed by atoms with van der Waals surface area (Å²) in [7, 11) is -3.76. The normalized spacial score (nSPS) is 11.3. The van der Waals surface area contributed by atoms with E-state index in [2.05, 4.69) is 14.9 Å². The van der Waals surface area contributed by atoms with Crippen molar-refractivity contribution in [3.8, 4) is 11.3 Å². The molecule has 2 N–H and O–H groups in total. The predicted molar refractivity (Wildman–Crippen MR) is 106 cm³/mol. The van der Waals surface area contributed by atoms with E-state index in [1.54, 1.807) is 36.4 Å². The fourth-order valence-electron chi connectivity index (χ4n) is 2.78. The van der Waals surface area contributed by atoms with Gasteiger partial charge in [-0.1, -0.05) is 38.1 Å². The molecule has 3 rings (SSSR count). The molecule has 0 spiro atoms. The molecule has 6 nitrogen and oxygen atoms in total. The van der Waals surface area contributed by atoms with E-state index in [1.807, 2.05) is 26.0 Å². The van der Waals surface area contributed by atoms with Gasteiger partial charge in [0.1, 0.15) is 0 Å². The Kier molecular flexibility index (Phi) is 5.41. The van der Waals surface area contributed by atoms with Gasteiger partial charge >= 0.3 is 0 Å². The van der Waals surface area contributed by atoms with E-state index in [1.165, 1.54) is 6.07 Å². The average Bonchev–Trinajstić information content (AvgIpc) is 2.68. The van der Waals surface area contributed by atoms with Gasteiger partial charge in [0.05, 0.1) is 10.6 Å². The number of sulfonamides is 1. The molecule has 0 atom stereocenters. The molecule has 0 bridgehead atoms. The third kappa shape index (κ3) is 4.25. The summed E-state index contributed by atoms with van der Waals surface area (Å²) >= 11 is 0. The number of hydrogen-bond acceptors (Lipinski definition) is 4. The Balaban J connectivity index is 2.00. The third-order valence-corrected chi connectivity index (χ3v) is 5.79. The summed E-state index contributed by atoms with van der Waals surface area (Å²) in [6.07, 6.45) is 1.46. The molecule has 1 aromatic heterocycles. The summed E-state index contributed by atoms with van der Waals surface area (Å²) in [6, 6.07) is 15.4. The SMILES string of the molecule is CCc1ccc(NS(=O)(=O)c2cc(-c3ccc(=O)[nH]n3)ccc2CC)cc1. The van der Waals surface area contributed by atoms with E-state index >= 15 is 0 Å². The lowest BCUT2D eigenvalue weighted by Gasteiger charge is -2.13. The second-order valence-electron chi connectivity index (χ2n) is 6.14. The van der Waals surface area contributed by atoms with Crippen LogP contribution in [-0.2, 0) is 22.9 Å². The van der Waals surface area contributed by atoms with Crippen LogP contribution in [0.15, 0.2) is 64.3 Å². The van der Waals surface area contributed by atoms with E-state index in [0.717, 1.165) is 12.0 Å². The molecule has 140 valence electrons. The molecule has 0 saturated heterocycles. The summed E-state index contributed by atoms with van der Waals surface area (Å²) in [4.78, 5) is 11.4. The molecule has 0 amide bonds. The first kappa shape index (κ1) is 18.8. The minimum atomic E-state index is -3.76. The van der Waals surface area contributed by atoms with Gasteiger partial charge in [-0.15, -0.1) is 0 Å². The van der Waals surface area contributed by atoms with Crippen molar-refractivity contribution in [2.75, 3.05) is 4.72 Å². The lowest BCUT2D eigenvalue weighted by molar-refractivity contribution is 0.600. The second kappa shape index (κ2) is 7.75. The first-order chi connectivity index (χ1) is 12.9. The molecule has 0 radical (unpaired) electrons. The Morgan fingerprint density at radius 2 is 1.70 bits per heavy atom. The lowest BCUT2D eigenvalue weighted by atomic mass is 10.1. The zero-order chi connectivity index (χ0) is 19.4. The molecule has 27 heavy (non-hydrogen) atoms. The van der Waals surface area contributed by atoms with Crippen LogP contribution in [0, 0.1) is 0 Å². The van der Waals surface area contributed by atoms with Gasteiger partial charge in [-0.2, -0.15) is 5.10 Å². The molecule has 0 aliphatic rings. The highest BCUT2D eigenvalue weighted by Gasteiger charge is 2.19. The van der Waals surface area contributed by atoms with Gasteiger partial charge in [0.2, 0.25) is 0 Å². The van der Waals surface area contributed by atoms with E-state index in [0.29, 0.717) is 28.9 Å². The molecule has 0 saturated carbocycles. The second-order valence-corrected chi connectivity index (χ2v) is 7.79. The fourth-order valence-corrected chi connectivity index (χ4v) is 4.18. The number of aromatic nitrogens is 2. The first-order valence-electron chi connectivity index (χ1n) is 8.73. The van der Waals surface area contributed by atoms with E-state index in [-0.39, 0.29) is 10.5 Å². The molecule has 0 aliphatic carbocycles. The number of rotatable bonds is 6. The quantitative estimate of drug-likeness (QED) is 0.683. The highest BCUT2D eigenvalue weighted by Crippen LogP contribution is 2.26. The standard InChI is InChI=1S/C20H21N3O3S/c1-3-14-5-9-17(10-6-14)23-27(25,26)19-13-16(8-7-15(19)4-2)18-11-12-20(24)22-21-18/h5-13,23H,3-4H2,1-2H3,(H,22,24). The average molecular weight is 383 g/mol. The minimum absolute atomic E-state index is 0.204. The maximum absolute atomic E-state index is 13.0. The molecule has 0 aliphatic heterocycles. The van der Waals surface area contributed by atoms with Crippen LogP contribution in [0.25, 0.3) is 11.3 Å².